The fourth-order valence-electron chi connectivity index (χ4n) is 4.30. The molecule has 6 heteroatoms. The minimum absolute atomic E-state index is 0.117. The van der Waals surface area contributed by atoms with Crippen molar-refractivity contribution in [3.63, 3.8) is 0 Å². The van der Waals surface area contributed by atoms with Crippen molar-refractivity contribution in [1.82, 2.24) is 15.2 Å². The number of nitrogens with one attached hydrogen (secondary N) is 1. The number of nitrogens with zero attached hydrogens (tertiary/aromatic N) is 2. The molecule has 5 nitrogen and oxygen atoms in total. The third-order valence-electron chi connectivity index (χ3n) is 5.96. The van der Waals surface area contributed by atoms with Crippen molar-refractivity contribution in [3.8, 4) is 11.3 Å². The fraction of sp³-hybridized carbons (Fsp3) is 0.333. The van der Waals surface area contributed by atoms with E-state index in [-0.39, 0.29) is 11.9 Å². The number of carbonyl (C=O) groups is 1. The van der Waals surface area contributed by atoms with Gasteiger partial charge in [0.1, 0.15) is 0 Å². The first-order chi connectivity index (χ1) is 14.7. The zero-order valence-electron chi connectivity index (χ0n) is 16.7. The van der Waals surface area contributed by atoms with Crippen molar-refractivity contribution in [1.29, 1.82) is 0 Å². The summed E-state index contributed by atoms with van der Waals surface area (Å²) in [6, 6.07) is 16.6. The van der Waals surface area contributed by atoms with E-state index in [1.807, 2.05) is 12.1 Å². The maximum absolute atomic E-state index is 11.5. The second-order valence-electron chi connectivity index (χ2n) is 8.00. The van der Waals surface area contributed by atoms with E-state index in [4.69, 9.17) is 21.3 Å². The molecule has 2 aromatic carbocycles. The normalized spacial score (nSPS) is 19.9. The molecule has 1 aromatic heterocycles. The zero-order chi connectivity index (χ0) is 20.5. The molecule has 1 amide bonds. The number of rotatable bonds is 4. The highest BCUT2D eigenvalue weighted by Gasteiger charge is 2.22. The molecule has 5 rings (SSSR count). The van der Waals surface area contributed by atoms with Gasteiger partial charge in [0, 0.05) is 42.0 Å². The molecule has 3 heterocycles. The van der Waals surface area contributed by atoms with E-state index in [9.17, 15) is 4.79 Å². The van der Waals surface area contributed by atoms with Gasteiger partial charge in [-0.25, -0.2) is 4.98 Å². The lowest BCUT2D eigenvalue weighted by Gasteiger charge is -2.27. The molecular formula is C24H24ClN3O2. The number of pyridine rings is 1. The van der Waals surface area contributed by atoms with Gasteiger partial charge in [-0.1, -0.05) is 41.9 Å². The van der Waals surface area contributed by atoms with Crippen LogP contribution >= 0.6 is 11.6 Å². The number of carbonyl (C=O) groups excluding carboxylic acids is 1. The highest BCUT2D eigenvalue weighted by Crippen LogP contribution is 2.30. The molecule has 2 fully saturated rings. The lowest BCUT2D eigenvalue weighted by molar-refractivity contribution is -0.119. The monoisotopic (exact) mass is 421 g/mol. The molecule has 30 heavy (non-hydrogen) atoms. The van der Waals surface area contributed by atoms with Crippen LogP contribution < -0.4 is 5.32 Å². The number of hydrogen-bond donors (Lipinski definition) is 1. The first kappa shape index (κ1) is 19.5. The van der Waals surface area contributed by atoms with Crippen molar-refractivity contribution in [2.45, 2.75) is 25.4 Å². The first-order valence-electron chi connectivity index (χ1n) is 10.4. The van der Waals surface area contributed by atoms with E-state index in [1.165, 1.54) is 5.56 Å². The molecular weight excluding hydrogens is 398 g/mol. The van der Waals surface area contributed by atoms with Gasteiger partial charge in [0.2, 0.25) is 5.91 Å². The molecule has 3 aromatic rings. The number of amides is 1. The van der Waals surface area contributed by atoms with Gasteiger partial charge in [-0.15, -0.1) is 0 Å². The van der Waals surface area contributed by atoms with Crippen LogP contribution in [-0.4, -0.2) is 42.1 Å². The Morgan fingerprint density at radius 2 is 1.90 bits per heavy atom. The summed E-state index contributed by atoms with van der Waals surface area (Å²) < 4.78 is 5.50. The number of morpholine rings is 1. The molecule has 0 radical (unpaired) electrons. The average Bonchev–Trinajstić information content (AvgIpc) is 3.20. The topological polar surface area (TPSA) is 54.5 Å². The van der Waals surface area contributed by atoms with Gasteiger partial charge >= 0.3 is 0 Å². The Hall–Kier alpha value is -2.47. The van der Waals surface area contributed by atoms with Crippen LogP contribution in [0, 0.1) is 0 Å². The standard InChI is InChI=1S/C24H24ClN3O2/c25-19-5-6-20-18(15-28-9-11-30-12-10-28)13-22(26-23(20)14-19)17-3-1-16(2-4-17)21-7-8-24(29)27-21/h1-6,13-14,21H,7-12,15H2,(H,27,29). The molecule has 154 valence electrons. The van der Waals surface area contributed by atoms with E-state index in [1.54, 1.807) is 0 Å². The van der Waals surface area contributed by atoms with Gasteiger partial charge in [-0.2, -0.15) is 0 Å². The van der Waals surface area contributed by atoms with E-state index >= 15 is 0 Å². The Morgan fingerprint density at radius 1 is 1.10 bits per heavy atom. The number of hydrogen-bond acceptors (Lipinski definition) is 4. The smallest absolute Gasteiger partial charge is 0.220 e. The summed E-state index contributed by atoms with van der Waals surface area (Å²) in [5.74, 6) is 0.130. The van der Waals surface area contributed by atoms with Gasteiger partial charge < -0.3 is 10.1 Å². The van der Waals surface area contributed by atoms with Gasteiger partial charge in [0.05, 0.1) is 30.5 Å². The quantitative estimate of drug-likeness (QED) is 0.680. The number of halogens is 1. The molecule has 0 aliphatic carbocycles. The molecule has 0 spiro atoms. The first-order valence-corrected chi connectivity index (χ1v) is 10.8. The fourth-order valence-corrected chi connectivity index (χ4v) is 4.47. The molecule has 2 aliphatic heterocycles. The summed E-state index contributed by atoms with van der Waals surface area (Å²) in [4.78, 5) is 18.8. The van der Waals surface area contributed by atoms with E-state index in [0.717, 1.165) is 67.0 Å². The van der Waals surface area contributed by atoms with Gasteiger partial charge in [-0.05, 0) is 35.7 Å². The predicted octanol–water partition coefficient (Wildman–Crippen LogP) is 4.34. The number of benzene rings is 2. The maximum atomic E-state index is 11.5. The predicted molar refractivity (Wildman–Crippen MR) is 118 cm³/mol. The van der Waals surface area contributed by atoms with Gasteiger partial charge in [0.25, 0.3) is 0 Å². The Morgan fingerprint density at radius 3 is 2.63 bits per heavy atom. The Kier molecular flexibility index (Phi) is 5.42. The second-order valence-corrected chi connectivity index (χ2v) is 8.43. The lowest BCUT2D eigenvalue weighted by Crippen LogP contribution is -2.35. The van der Waals surface area contributed by atoms with Crippen molar-refractivity contribution >= 4 is 28.4 Å². The highest BCUT2D eigenvalue weighted by atomic mass is 35.5. The molecule has 0 saturated carbocycles. The molecule has 2 aliphatic rings. The summed E-state index contributed by atoms with van der Waals surface area (Å²) in [5, 5.41) is 4.86. The zero-order valence-corrected chi connectivity index (χ0v) is 17.5. The van der Waals surface area contributed by atoms with E-state index in [2.05, 4.69) is 46.6 Å². The highest BCUT2D eigenvalue weighted by molar-refractivity contribution is 6.31. The number of fused-ring (bicyclic) bond motifs is 1. The van der Waals surface area contributed by atoms with Gasteiger partial charge in [-0.3, -0.25) is 9.69 Å². The summed E-state index contributed by atoms with van der Waals surface area (Å²) >= 11 is 6.27. The number of aromatic nitrogens is 1. The molecule has 0 bridgehead atoms. The van der Waals surface area contributed by atoms with Crippen LogP contribution in [0.15, 0.2) is 48.5 Å². The average molecular weight is 422 g/mol. The minimum Gasteiger partial charge on any atom is -0.379 e. The number of ether oxygens (including phenoxy) is 1. The van der Waals surface area contributed by atoms with Crippen molar-refractivity contribution in [2.75, 3.05) is 26.3 Å². The molecule has 1 unspecified atom stereocenters. The van der Waals surface area contributed by atoms with Crippen LogP contribution in [0.5, 0.6) is 0 Å². The Balaban J connectivity index is 1.49. The van der Waals surface area contributed by atoms with Crippen LogP contribution in [0.2, 0.25) is 5.02 Å². The largest absolute Gasteiger partial charge is 0.379 e. The third kappa shape index (κ3) is 4.06. The van der Waals surface area contributed by atoms with Crippen LogP contribution in [0.25, 0.3) is 22.2 Å². The van der Waals surface area contributed by atoms with Crippen LogP contribution in [0.3, 0.4) is 0 Å². The van der Waals surface area contributed by atoms with Crippen molar-refractivity contribution in [3.05, 3.63) is 64.7 Å². The van der Waals surface area contributed by atoms with Crippen LogP contribution in [0.4, 0.5) is 0 Å². The van der Waals surface area contributed by atoms with Crippen LogP contribution in [0.1, 0.15) is 30.0 Å². The molecule has 2 saturated heterocycles. The maximum Gasteiger partial charge on any atom is 0.220 e. The van der Waals surface area contributed by atoms with Crippen LogP contribution in [-0.2, 0) is 16.1 Å². The second kappa shape index (κ2) is 8.34. The summed E-state index contributed by atoms with van der Waals surface area (Å²) in [5.41, 5.74) is 5.31. The molecule has 1 atom stereocenters. The Bertz CT molecular complexity index is 1080. The summed E-state index contributed by atoms with van der Waals surface area (Å²) in [6.45, 7) is 4.30. The summed E-state index contributed by atoms with van der Waals surface area (Å²) in [6.07, 6.45) is 1.46. The SMILES string of the molecule is O=C1CCC(c2ccc(-c3cc(CN4CCOCC4)c4ccc(Cl)cc4n3)cc2)N1. The van der Waals surface area contributed by atoms with Crippen molar-refractivity contribution in [2.24, 2.45) is 0 Å². The van der Waals surface area contributed by atoms with Gasteiger partial charge in [0.15, 0.2) is 0 Å². The van der Waals surface area contributed by atoms with E-state index in [0.29, 0.717) is 11.4 Å². The third-order valence-corrected chi connectivity index (χ3v) is 6.19. The Labute approximate surface area is 181 Å². The minimum atomic E-state index is 0.117. The molecule has 1 N–H and O–H groups in total. The lowest BCUT2D eigenvalue weighted by atomic mass is 10.00. The van der Waals surface area contributed by atoms with E-state index < -0.39 is 0 Å². The van der Waals surface area contributed by atoms with Crippen molar-refractivity contribution < 1.29 is 9.53 Å². The summed E-state index contributed by atoms with van der Waals surface area (Å²) in [7, 11) is 0.